The molecule has 2 atom stereocenters. The highest BCUT2D eigenvalue weighted by Gasteiger charge is 2.31. The molecule has 1 saturated heterocycles. The van der Waals surface area contributed by atoms with Gasteiger partial charge < -0.3 is 15.3 Å². The fourth-order valence-electron chi connectivity index (χ4n) is 3.82. The topological polar surface area (TPSA) is 72.7 Å². The lowest BCUT2D eigenvalue weighted by Gasteiger charge is -2.30. The molecule has 130 valence electrons. The van der Waals surface area contributed by atoms with Gasteiger partial charge in [-0.05, 0) is 18.2 Å². The number of hydrogen-bond donors (Lipinski definition) is 4. The average Bonchev–Trinajstić information content (AvgIpc) is 3.25. The Balaban J connectivity index is 1.44. The Morgan fingerprint density at radius 2 is 1.69 bits per heavy atom. The minimum absolute atomic E-state index is 0.00431. The Labute approximate surface area is 158 Å². The van der Waals surface area contributed by atoms with Crippen molar-refractivity contribution in [2.24, 2.45) is 0 Å². The lowest BCUT2D eigenvalue weighted by atomic mass is 9.98. The first kappa shape index (κ1) is 15.7. The van der Waals surface area contributed by atoms with Crippen LogP contribution in [0, 0.1) is 0 Å². The van der Waals surface area contributed by atoms with Gasteiger partial charge in [-0.1, -0.05) is 40.2 Å². The fraction of sp³-hybridized carbons (Fsp3) is 0.150. The number of carbonyl (C=O) groups excluding carboxylic acids is 1. The fourth-order valence-corrected chi connectivity index (χ4v) is 4.18. The normalized spacial score (nSPS) is 20.6. The summed E-state index contributed by atoms with van der Waals surface area (Å²) in [4.78, 5) is 19.4. The van der Waals surface area contributed by atoms with Gasteiger partial charge in [-0.2, -0.15) is 0 Å². The number of halogens is 1. The van der Waals surface area contributed by atoms with Crippen LogP contribution in [0.25, 0.3) is 21.8 Å². The molecule has 0 radical (unpaired) electrons. The van der Waals surface area contributed by atoms with Crippen molar-refractivity contribution in [3.05, 3.63) is 70.5 Å². The van der Waals surface area contributed by atoms with E-state index in [0.29, 0.717) is 6.54 Å². The highest BCUT2D eigenvalue weighted by atomic mass is 79.9. The van der Waals surface area contributed by atoms with Crippen molar-refractivity contribution in [2.45, 2.75) is 12.1 Å². The van der Waals surface area contributed by atoms with Crippen molar-refractivity contribution in [1.29, 1.82) is 0 Å². The van der Waals surface area contributed by atoms with E-state index in [1.165, 1.54) is 0 Å². The number of para-hydroxylation sites is 1. The zero-order chi connectivity index (χ0) is 17.7. The van der Waals surface area contributed by atoms with Gasteiger partial charge in [0.05, 0.1) is 6.04 Å². The summed E-state index contributed by atoms with van der Waals surface area (Å²) < 4.78 is 1.01. The maximum Gasteiger partial charge on any atom is 0.242 e. The second kappa shape index (κ2) is 6.00. The highest BCUT2D eigenvalue weighted by Crippen LogP contribution is 2.31. The number of aromatic nitrogens is 2. The molecule has 2 aromatic heterocycles. The van der Waals surface area contributed by atoms with Gasteiger partial charge in [0, 0.05) is 56.3 Å². The van der Waals surface area contributed by atoms with Gasteiger partial charge in [-0.25, -0.2) is 0 Å². The molecule has 0 aliphatic carbocycles. The summed E-state index contributed by atoms with van der Waals surface area (Å²) in [6, 6.07) is 13.8. The molecule has 2 aromatic carbocycles. The quantitative estimate of drug-likeness (QED) is 0.405. The van der Waals surface area contributed by atoms with Crippen LogP contribution < -0.4 is 10.6 Å². The number of H-pyrrole nitrogens is 2. The van der Waals surface area contributed by atoms with Crippen LogP contribution in [0.5, 0.6) is 0 Å². The van der Waals surface area contributed by atoms with Gasteiger partial charge in [0.15, 0.2) is 0 Å². The zero-order valence-electron chi connectivity index (χ0n) is 13.8. The van der Waals surface area contributed by atoms with E-state index < -0.39 is 0 Å². The lowest BCUT2D eigenvalue weighted by molar-refractivity contribution is -0.125. The van der Waals surface area contributed by atoms with Gasteiger partial charge in [-0.3, -0.25) is 10.1 Å². The van der Waals surface area contributed by atoms with Crippen molar-refractivity contribution in [2.75, 3.05) is 6.54 Å². The first-order valence-electron chi connectivity index (χ1n) is 8.57. The van der Waals surface area contributed by atoms with E-state index in [4.69, 9.17) is 0 Å². The van der Waals surface area contributed by atoms with Crippen LogP contribution in [-0.4, -0.2) is 22.4 Å². The number of rotatable bonds is 2. The molecule has 0 spiro atoms. The van der Waals surface area contributed by atoms with Gasteiger partial charge in [0.25, 0.3) is 0 Å². The van der Waals surface area contributed by atoms with Crippen molar-refractivity contribution in [3.8, 4) is 0 Å². The number of aromatic amines is 2. The molecule has 4 N–H and O–H groups in total. The molecule has 1 fully saturated rings. The zero-order valence-corrected chi connectivity index (χ0v) is 15.4. The van der Waals surface area contributed by atoms with Crippen molar-refractivity contribution in [3.63, 3.8) is 0 Å². The molecule has 26 heavy (non-hydrogen) atoms. The van der Waals surface area contributed by atoms with Crippen LogP contribution in [0.3, 0.4) is 0 Å². The molecule has 0 saturated carbocycles. The first-order chi connectivity index (χ1) is 12.7. The van der Waals surface area contributed by atoms with Gasteiger partial charge in [0.2, 0.25) is 5.91 Å². The van der Waals surface area contributed by atoms with E-state index in [1.807, 2.05) is 48.8 Å². The van der Waals surface area contributed by atoms with Gasteiger partial charge in [-0.15, -0.1) is 0 Å². The summed E-state index contributed by atoms with van der Waals surface area (Å²) in [5.41, 5.74) is 4.19. The van der Waals surface area contributed by atoms with Crippen LogP contribution in [-0.2, 0) is 4.79 Å². The maximum atomic E-state index is 12.8. The third-order valence-electron chi connectivity index (χ3n) is 5.09. The third kappa shape index (κ3) is 2.45. The van der Waals surface area contributed by atoms with Crippen molar-refractivity contribution in [1.82, 2.24) is 20.6 Å². The number of hydrogen-bond acceptors (Lipinski definition) is 2. The second-order valence-corrected chi connectivity index (χ2v) is 7.54. The van der Waals surface area contributed by atoms with Crippen LogP contribution in [0.2, 0.25) is 0 Å². The molecule has 1 amide bonds. The number of carbonyl (C=O) groups is 1. The summed E-state index contributed by atoms with van der Waals surface area (Å²) in [6.45, 7) is 0.682. The molecular formula is C20H17BrN4O. The molecule has 0 bridgehead atoms. The monoisotopic (exact) mass is 408 g/mol. The molecule has 1 aliphatic rings. The summed E-state index contributed by atoms with van der Waals surface area (Å²) in [5, 5.41) is 8.81. The van der Waals surface area contributed by atoms with E-state index in [0.717, 1.165) is 37.4 Å². The number of piperazine rings is 1. The molecule has 0 unspecified atom stereocenters. The molecule has 5 rings (SSSR count). The predicted octanol–water partition coefficient (Wildman–Crippen LogP) is 3.91. The second-order valence-electron chi connectivity index (χ2n) is 6.63. The Bertz CT molecular complexity index is 1130. The smallest absolute Gasteiger partial charge is 0.242 e. The van der Waals surface area contributed by atoms with Gasteiger partial charge >= 0.3 is 0 Å². The van der Waals surface area contributed by atoms with E-state index in [1.54, 1.807) is 0 Å². The number of benzene rings is 2. The van der Waals surface area contributed by atoms with Crippen LogP contribution in [0.1, 0.15) is 23.2 Å². The Morgan fingerprint density at radius 3 is 2.58 bits per heavy atom. The van der Waals surface area contributed by atoms with Gasteiger partial charge in [0.1, 0.15) is 6.04 Å². The minimum Gasteiger partial charge on any atom is -0.361 e. The third-order valence-corrected chi connectivity index (χ3v) is 5.58. The van der Waals surface area contributed by atoms with E-state index in [-0.39, 0.29) is 18.0 Å². The highest BCUT2D eigenvalue weighted by molar-refractivity contribution is 9.10. The van der Waals surface area contributed by atoms with Crippen LogP contribution in [0.4, 0.5) is 0 Å². The first-order valence-corrected chi connectivity index (χ1v) is 9.36. The van der Waals surface area contributed by atoms with Crippen molar-refractivity contribution >= 4 is 43.6 Å². The molecule has 5 nitrogen and oxygen atoms in total. The average molecular weight is 409 g/mol. The molecule has 3 heterocycles. The van der Waals surface area contributed by atoms with Crippen molar-refractivity contribution < 1.29 is 4.79 Å². The number of amides is 1. The number of fused-ring (bicyclic) bond motifs is 2. The maximum absolute atomic E-state index is 12.8. The van der Waals surface area contributed by atoms with E-state index in [9.17, 15) is 4.79 Å². The number of nitrogens with one attached hydrogen (secondary N) is 4. The van der Waals surface area contributed by atoms with E-state index in [2.05, 4.69) is 42.6 Å². The molecule has 1 aliphatic heterocycles. The largest absolute Gasteiger partial charge is 0.361 e. The summed E-state index contributed by atoms with van der Waals surface area (Å²) in [5.74, 6) is -0.00431. The molecular weight excluding hydrogens is 392 g/mol. The lowest BCUT2D eigenvalue weighted by Crippen LogP contribution is -2.49. The summed E-state index contributed by atoms with van der Waals surface area (Å²) in [7, 11) is 0. The Hall–Kier alpha value is -2.57. The SMILES string of the molecule is O=C1N[C@@H](c2c[nH]c3ccccc23)CN[C@@H]1c1c[nH]c2cc(Br)ccc12. The molecule has 4 aromatic rings. The predicted molar refractivity (Wildman–Crippen MR) is 106 cm³/mol. The summed E-state index contributed by atoms with van der Waals surface area (Å²) in [6.07, 6.45) is 3.90. The Kier molecular flexibility index (Phi) is 3.62. The minimum atomic E-state index is -0.355. The molecule has 6 heteroatoms. The van der Waals surface area contributed by atoms with Crippen LogP contribution >= 0.6 is 15.9 Å². The Morgan fingerprint density at radius 1 is 0.923 bits per heavy atom. The summed E-state index contributed by atoms with van der Waals surface area (Å²) >= 11 is 3.48. The standard InChI is InChI=1S/C20H17BrN4O/c21-11-5-6-13-15(9-23-17(13)7-11)19-20(26)25-18(10-24-19)14-8-22-16-4-2-1-3-12(14)16/h1-9,18-19,22-24H,10H2,(H,25,26)/t18-,19-/m1/s1. The van der Waals surface area contributed by atoms with E-state index >= 15 is 0 Å². The van der Waals surface area contributed by atoms with Crippen LogP contribution in [0.15, 0.2) is 59.3 Å².